The molecule has 0 fully saturated rings. The van der Waals surface area contributed by atoms with Gasteiger partial charge in [0.25, 0.3) is 5.91 Å². The fourth-order valence-corrected chi connectivity index (χ4v) is 4.43. The molecular formula is C23H27N5O2S. The Hall–Kier alpha value is -2.97. The Morgan fingerprint density at radius 3 is 2.81 bits per heavy atom. The lowest BCUT2D eigenvalue weighted by molar-refractivity contribution is 0.0754. The summed E-state index contributed by atoms with van der Waals surface area (Å²) in [5.41, 5.74) is 1.61. The summed E-state index contributed by atoms with van der Waals surface area (Å²) in [6, 6.07) is 12.2. The second kappa shape index (κ2) is 9.89. The van der Waals surface area contributed by atoms with Gasteiger partial charge in [0.15, 0.2) is 0 Å². The molecule has 0 saturated carbocycles. The molecule has 0 radical (unpaired) electrons. The first-order valence-corrected chi connectivity index (χ1v) is 11.3. The van der Waals surface area contributed by atoms with E-state index in [0.29, 0.717) is 24.5 Å². The molecule has 162 valence electrons. The van der Waals surface area contributed by atoms with E-state index in [4.69, 9.17) is 4.74 Å². The van der Waals surface area contributed by atoms with Crippen molar-refractivity contribution < 1.29 is 9.53 Å². The number of nitrogens with one attached hydrogen (secondary N) is 1. The Labute approximate surface area is 186 Å². The van der Waals surface area contributed by atoms with Crippen molar-refractivity contribution in [3.63, 3.8) is 0 Å². The first-order valence-electron chi connectivity index (χ1n) is 10.4. The van der Waals surface area contributed by atoms with E-state index in [1.807, 2.05) is 48.2 Å². The molecule has 0 unspecified atom stereocenters. The number of aromatic nitrogens is 2. The van der Waals surface area contributed by atoms with E-state index >= 15 is 0 Å². The summed E-state index contributed by atoms with van der Waals surface area (Å²) in [5.74, 6) is 1.48. The van der Waals surface area contributed by atoms with Gasteiger partial charge < -0.3 is 19.9 Å². The van der Waals surface area contributed by atoms with Gasteiger partial charge >= 0.3 is 0 Å². The molecule has 3 aromatic rings. The number of thiophene rings is 1. The van der Waals surface area contributed by atoms with Gasteiger partial charge in [-0.15, -0.1) is 11.3 Å². The molecule has 31 heavy (non-hydrogen) atoms. The van der Waals surface area contributed by atoms with Crippen LogP contribution < -0.4 is 15.0 Å². The highest BCUT2D eigenvalue weighted by Gasteiger charge is 2.26. The molecule has 4 rings (SSSR count). The molecule has 1 N–H and O–H groups in total. The van der Waals surface area contributed by atoms with Crippen LogP contribution in [0.2, 0.25) is 0 Å². The van der Waals surface area contributed by atoms with Crippen molar-refractivity contribution in [3.8, 4) is 5.75 Å². The van der Waals surface area contributed by atoms with Gasteiger partial charge in [0.2, 0.25) is 0 Å². The standard InChI is InChI=1S/C23H27N5O2S/c1-24-10-9-20(21-4-3-13-31-21)30-18-7-5-17(6-8-18)15-28-12-11-27(2)22-19(23(28)29)14-25-16-26-22/h3-8,13-14,16,20,24H,9-12,15H2,1-2H3/t20-/m0/s1. The number of fused-ring (bicyclic) bond motifs is 1. The number of hydrogen-bond donors (Lipinski definition) is 1. The number of likely N-dealkylation sites (N-methyl/N-ethyl adjacent to an activating group) is 1. The molecule has 8 heteroatoms. The van der Waals surface area contributed by atoms with Crippen LogP contribution >= 0.6 is 11.3 Å². The zero-order valence-corrected chi connectivity index (χ0v) is 18.6. The number of carbonyl (C=O) groups excluding carboxylic acids is 1. The van der Waals surface area contributed by atoms with Crippen molar-refractivity contribution in [1.29, 1.82) is 0 Å². The zero-order chi connectivity index (χ0) is 21.6. The van der Waals surface area contributed by atoms with E-state index in [-0.39, 0.29) is 12.0 Å². The van der Waals surface area contributed by atoms with Gasteiger partial charge in [0.05, 0.1) is 0 Å². The third-order valence-electron chi connectivity index (χ3n) is 5.37. The molecule has 1 amide bonds. The second-order valence-corrected chi connectivity index (χ2v) is 8.55. The van der Waals surface area contributed by atoms with Gasteiger partial charge in [-0.1, -0.05) is 18.2 Å². The first-order chi connectivity index (χ1) is 15.2. The summed E-state index contributed by atoms with van der Waals surface area (Å²) in [4.78, 5) is 26.4. The summed E-state index contributed by atoms with van der Waals surface area (Å²) in [6.45, 7) is 2.78. The fraction of sp³-hybridized carbons (Fsp3) is 0.348. The molecule has 0 spiro atoms. The van der Waals surface area contributed by atoms with Crippen LogP contribution in [0.3, 0.4) is 0 Å². The second-order valence-electron chi connectivity index (χ2n) is 7.57. The molecule has 1 aliphatic heterocycles. The quantitative estimate of drug-likeness (QED) is 0.583. The van der Waals surface area contributed by atoms with Crippen molar-refractivity contribution in [2.24, 2.45) is 0 Å². The van der Waals surface area contributed by atoms with Gasteiger partial charge in [-0.2, -0.15) is 0 Å². The highest BCUT2D eigenvalue weighted by molar-refractivity contribution is 7.10. The van der Waals surface area contributed by atoms with Crippen LogP contribution in [0.5, 0.6) is 5.75 Å². The van der Waals surface area contributed by atoms with E-state index in [1.165, 1.54) is 11.2 Å². The van der Waals surface area contributed by atoms with Crippen LogP contribution in [0.15, 0.2) is 54.3 Å². The first kappa shape index (κ1) is 21.3. The lowest BCUT2D eigenvalue weighted by atomic mass is 10.1. The summed E-state index contributed by atoms with van der Waals surface area (Å²) in [5, 5.41) is 5.27. The predicted molar refractivity (Wildman–Crippen MR) is 123 cm³/mol. The SMILES string of the molecule is CNCC[C@H](Oc1ccc(CN2CCN(C)c3ncncc3C2=O)cc1)c1cccs1. The number of hydrogen-bond acceptors (Lipinski definition) is 7. The zero-order valence-electron chi connectivity index (χ0n) is 17.8. The minimum absolute atomic E-state index is 0.0255. The van der Waals surface area contributed by atoms with E-state index < -0.39 is 0 Å². The Bertz CT molecular complexity index is 993. The van der Waals surface area contributed by atoms with E-state index in [0.717, 1.165) is 30.8 Å². The van der Waals surface area contributed by atoms with Gasteiger partial charge in [-0.25, -0.2) is 9.97 Å². The summed E-state index contributed by atoms with van der Waals surface area (Å²) < 4.78 is 6.27. The molecular weight excluding hydrogens is 410 g/mol. The highest BCUT2D eigenvalue weighted by Crippen LogP contribution is 2.28. The molecule has 1 aromatic carbocycles. The van der Waals surface area contributed by atoms with Crippen molar-refractivity contribution in [3.05, 3.63) is 70.3 Å². The molecule has 0 saturated heterocycles. The Balaban J connectivity index is 1.44. The monoisotopic (exact) mass is 437 g/mol. The molecule has 0 bridgehead atoms. The Morgan fingerprint density at radius 2 is 2.06 bits per heavy atom. The fourth-order valence-electron chi connectivity index (χ4n) is 3.64. The topological polar surface area (TPSA) is 70.6 Å². The lowest BCUT2D eigenvalue weighted by Gasteiger charge is -2.22. The number of benzene rings is 1. The summed E-state index contributed by atoms with van der Waals surface area (Å²) in [6.07, 6.45) is 4.01. The van der Waals surface area contributed by atoms with Crippen LogP contribution in [0.4, 0.5) is 5.82 Å². The largest absolute Gasteiger partial charge is 0.485 e. The van der Waals surface area contributed by atoms with Crippen LogP contribution in [-0.2, 0) is 6.54 Å². The highest BCUT2D eigenvalue weighted by atomic mass is 32.1. The lowest BCUT2D eigenvalue weighted by Crippen LogP contribution is -2.33. The normalized spacial score (nSPS) is 14.8. The van der Waals surface area contributed by atoms with Crippen LogP contribution in [0.1, 0.15) is 33.3 Å². The van der Waals surface area contributed by atoms with Crippen LogP contribution in [0, 0.1) is 0 Å². The smallest absolute Gasteiger partial charge is 0.259 e. The van der Waals surface area contributed by atoms with E-state index in [2.05, 4.69) is 32.8 Å². The molecule has 2 aromatic heterocycles. The van der Waals surface area contributed by atoms with Gasteiger partial charge in [0, 0.05) is 44.2 Å². The van der Waals surface area contributed by atoms with Crippen LogP contribution in [0.25, 0.3) is 0 Å². The molecule has 0 aliphatic carbocycles. The van der Waals surface area contributed by atoms with Crippen molar-refractivity contribution in [2.45, 2.75) is 19.1 Å². The van der Waals surface area contributed by atoms with Crippen molar-refractivity contribution in [2.75, 3.05) is 38.6 Å². The molecule has 3 heterocycles. The number of ether oxygens (including phenoxy) is 1. The number of carbonyl (C=O) groups is 1. The predicted octanol–water partition coefficient (Wildman–Crippen LogP) is 3.36. The van der Waals surface area contributed by atoms with E-state index in [1.54, 1.807) is 17.5 Å². The number of anilines is 1. The number of nitrogens with zero attached hydrogens (tertiary/aromatic N) is 4. The molecule has 1 atom stereocenters. The number of rotatable bonds is 8. The average Bonchev–Trinajstić information content (AvgIpc) is 3.31. The van der Waals surface area contributed by atoms with Crippen LogP contribution in [-0.4, -0.2) is 54.5 Å². The number of amides is 1. The van der Waals surface area contributed by atoms with Gasteiger partial charge in [-0.05, 0) is 42.7 Å². The van der Waals surface area contributed by atoms with Gasteiger partial charge in [-0.3, -0.25) is 4.79 Å². The minimum Gasteiger partial charge on any atom is -0.485 e. The summed E-state index contributed by atoms with van der Waals surface area (Å²) >= 11 is 1.71. The van der Waals surface area contributed by atoms with Crippen molar-refractivity contribution >= 4 is 23.1 Å². The molecule has 1 aliphatic rings. The maximum Gasteiger partial charge on any atom is 0.259 e. The summed E-state index contributed by atoms with van der Waals surface area (Å²) in [7, 11) is 3.90. The Kier molecular flexibility index (Phi) is 6.79. The van der Waals surface area contributed by atoms with Crippen molar-refractivity contribution in [1.82, 2.24) is 20.2 Å². The molecule has 7 nitrogen and oxygen atoms in total. The minimum atomic E-state index is -0.0369. The third-order valence-corrected chi connectivity index (χ3v) is 6.33. The van der Waals surface area contributed by atoms with E-state index in [9.17, 15) is 4.79 Å². The van der Waals surface area contributed by atoms with Gasteiger partial charge in [0.1, 0.15) is 29.6 Å². The average molecular weight is 438 g/mol. The Morgan fingerprint density at radius 1 is 1.23 bits per heavy atom. The maximum atomic E-state index is 13.0. The third kappa shape index (κ3) is 5.03. The maximum absolute atomic E-state index is 13.0.